The molecule has 9 heteroatoms. The molecule has 152 valence electrons. The number of aryl methyl sites for hydroxylation is 1. The molecule has 0 spiro atoms. The van der Waals surface area contributed by atoms with Crippen LogP contribution in [0.15, 0.2) is 57.7 Å². The molecule has 0 amide bonds. The summed E-state index contributed by atoms with van der Waals surface area (Å²) in [6, 6.07) is 8.11. The number of hydrogen-bond acceptors (Lipinski definition) is 5. The lowest BCUT2D eigenvalue weighted by Gasteiger charge is -2.09. The fraction of sp³-hybridized carbons (Fsp3) is 0.250. The molecule has 0 aliphatic rings. The molecule has 0 aliphatic heterocycles. The van der Waals surface area contributed by atoms with E-state index in [1.165, 1.54) is 5.56 Å². The third kappa shape index (κ3) is 5.36. The maximum absolute atomic E-state index is 5.60. The minimum Gasteiger partial charge on any atom is -0.444 e. The second kappa shape index (κ2) is 9.88. The molecule has 4 aromatic rings. The summed E-state index contributed by atoms with van der Waals surface area (Å²) in [5.74, 6) is 1.33. The maximum Gasteiger partial charge on any atom is 0.226 e. The molecule has 7 nitrogen and oxygen atoms in total. The standard InChI is InChI=1S/C20H22N6OS.HI/c1-3-21-19(22-10-16-12-26-8-9-28-20(26)25-16)23-11-17-13-27-18(24-17)15-6-4-14(2)5-7-15;/h4-9,12-13H,3,10-11H2,1-2H3,(H2,21,22,23);1H. The van der Waals surface area contributed by atoms with Crippen molar-refractivity contribution < 1.29 is 4.42 Å². The lowest BCUT2D eigenvalue weighted by Crippen LogP contribution is -2.36. The summed E-state index contributed by atoms with van der Waals surface area (Å²) in [5.41, 5.74) is 3.93. The van der Waals surface area contributed by atoms with Gasteiger partial charge in [0, 0.05) is 29.9 Å². The molecule has 1 aromatic carbocycles. The minimum atomic E-state index is 0. The Balaban J connectivity index is 0.00000240. The molecule has 0 bridgehead atoms. The monoisotopic (exact) mass is 522 g/mol. The van der Waals surface area contributed by atoms with Crippen LogP contribution in [0.5, 0.6) is 0 Å². The van der Waals surface area contributed by atoms with Crippen molar-refractivity contribution in [2.24, 2.45) is 4.99 Å². The Morgan fingerprint density at radius 2 is 2.00 bits per heavy atom. The van der Waals surface area contributed by atoms with Gasteiger partial charge in [0.15, 0.2) is 10.9 Å². The number of imidazole rings is 1. The fourth-order valence-electron chi connectivity index (χ4n) is 2.75. The summed E-state index contributed by atoms with van der Waals surface area (Å²) in [5, 5.41) is 8.58. The van der Waals surface area contributed by atoms with Gasteiger partial charge in [0.1, 0.15) is 12.0 Å². The highest BCUT2D eigenvalue weighted by Crippen LogP contribution is 2.19. The summed E-state index contributed by atoms with van der Waals surface area (Å²) in [6.45, 7) is 5.91. The van der Waals surface area contributed by atoms with E-state index in [-0.39, 0.29) is 24.0 Å². The number of nitrogens with one attached hydrogen (secondary N) is 2. The van der Waals surface area contributed by atoms with Gasteiger partial charge < -0.3 is 15.1 Å². The summed E-state index contributed by atoms with van der Waals surface area (Å²) < 4.78 is 7.63. The molecule has 0 saturated carbocycles. The van der Waals surface area contributed by atoms with Gasteiger partial charge in [0.05, 0.1) is 18.8 Å². The number of guanidine groups is 1. The van der Waals surface area contributed by atoms with Crippen molar-refractivity contribution >= 4 is 46.2 Å². The molecule has 0 saturated heterocycles. The van der Waals surface area contributed by atoms with Crippen LogP contribution < -0.4 is 10.6 Å². The third-order valence-electron chi connectivity index (χ3n) is 4.17. The first-order valence-corrected chi connectivity index (χ1v) is 10.0. The van der Waals surface area contributed by atoms with E-state index in [2.05, 4.69) is 32.5 Å². The zero-order valence-electron chi connectivity index (χ0n) is 16.3. The van der Waals surface area contributed by atoms with E-state index in [0.29, 0.717) is 19.0 Å². The Labute approximate surface area is 190 Å². The van der Waals surface area contributed by atoms with Crippen LogP contribution in [0.3, 0.4) is 0 Å². The number of nitrogens with zero attached hydrogens (tertiary/aromatic N) is 4. The normalized spacial score (nSPS) is 11.4. The zero-order chi connectivity index (χ0) is 19.3. The van der Waals surface area contributed by atoms with Crippen LogP contribution in [-0.4, -0.2) is 26.9 Å². The molecule has 0 fully saturated rings. The van der Waals surface area contributed by atoms with Gasteiger partial charge in [-0.2, -0.15) is 0 Å². The first-order chi connectivity index (χ1) is 13.7. The molecule has 3 heterocycles. The average Bonchev–Trinajstić information content (AvgIpc) is 3.41. The Morgan fingerprint density at radius 1 is 1.17 bits per heavy atom. The van der Waals surface area contributed by atoms with E-state index in [0.717, 1.165) is 34.4 Å². The number of thiazole rings is 1. The quantitative estimate of drug-likeness (QED) is 0.225. The highest BCUT2D eigenvalue weighted by Gasteiger charge is 2.07. The van der Waals surface area contributed by atoms with Gasteiger partial charge in [0.2, 0.25) is 5.89 Å². The third-order valence-corrected chi connectivity index (χ3v) is 4.94. The number of rotatable bonds is 6. The Morgan fingerprint density at radius 3 is 2.76 bits per heavy atom. The first-order valence-electron chi connectivity index (χ1n) is 9.16. The highest BCUT2D eigenvalue weighted by molar-refractivity contribution is 14.0. The Bertz CT molecular complexity index is 1050. The molecule has 0 unspecified atom stereocenters. The Kier molecular flexibility index (Phi) is 7.26. The van der Waals surface area contributed by atoms with Crippen LogP contribution in [-0.2, 0) is 13.1 Å². The highest BCUT2D eigenvalue weighted by atomic mass is 127. The number of aliphatic imine (C=N–C) groups is 1. The van der Waals surface area contributed by atoms with E-state index >= 15 is 0 Å². The number of fused-ring (bicyclic) bond motifs is 1. The van der Waals surface area contributed by atoms with Crippen molar-refractivity contribution in [2.75, 3.05) is 6.54 Å². The van der Waals surface area contributed by atoms with Crippen LogP contribution >= 0.6 is 35.3 Å². The van der Waals surface area contributed by atoms with E-state index in [4.69, 9.17) is 4.42 Å². The molecular formula is C20H23IN6OS. The molecule has 0 radical (unpaired) electrons. The Hall–Kier alpha value is -2.40. The summed E-state index contributed by atoms with van der Waals surface area (Å²) in [7, 11) is 0. The largest absolute Gasteiger partial charge is 0.444 e. The second-order valence-corrected chi connectivity index (χ2v) is 7.26. The number of benzene rings is 1. The molecule has 0 aliphatic carbocycles. The number of hydrogen-bond donors (Lipinski definition) is 2. The van der Waals surface area contributed by atoms with Crippen LogP contribution in [0.4, 0.5) is 0 Å². The molecule has 2 N–H and O–H groups in total. The van der Waals surface area contributed by atoms with Gasteiger partial charge in [0.25, 0.3) is 0 Å². The molecule has 29 heavy (non-hydrogen) atoms. The van der Waals surface area contributed by atoms with Crippen LogP contribution in [0.25, 0.3) is 16.4 Å². The van der Waals surface area contributed by atoms with Crippen molar-refractivity contribution in [3.05, 3.63) is 65.3 Å². The SMILES string of the molecule is CCNC(=NCc1coc(-c2ccc(C)cc2)n1)NCc1cn2ccsc2n1.I. The van der Waals surface area contributed by atoms with Crippen molar-refractivity contribution in [3.8, 4) is 11.5 Å². The van der Waals surface area contributed by atoms with Crippen LogP contribution in [0.2, 0.25) is 0 Å². The van der Waals surface area contributed by atoms with Gasteiger partial charge in [-0.15, -0.1) is 35.3 Å². The molecular weight excluding hydrogens is 499 g/mol. The lowest BCUT2D eigenvalue weighted by molar-refractivity contribution is 0.572. The number of oxazole rings is 1. The van der Waals surface area contributed by atoms with Crippen molar-refractivity contribution in [1.29, 1.82) is 0 Å². The summed E-state index contributed by atoms with van der Waals surface area (Å²) in [4.78, 5) is 14.7. The van der Waals surface area contributed by atoms with Gasteiger partial charge in [-0.3, -0.25) is 4.40 Å². The van der Waals surface area contributed by atoms with E-state index < -0.39 is 0 Å². The summed E-state index contributed by atoms with van der Waals surface area (Å²) in [6.07, 6.45) is 5.69. The predicted molar refractivity (Wildman–Crippen MR) is 127 cm³/mol. The minimum absolute atomic E-state index is 0. The van der Waals surface area contributed by atoms with E-state index in [1.54, 1.807) is 17.6 Å². The average molecular weight is 522 g/mol. The maximum atomic E-state index is 5.60. The van der Waals surface area contributed by atoms with Crippen LogP contribution in [0, 0.1) is 6.92 Å². The van der Waals surface area contributed by atoms with Gasteiger partial charge in [-0.25, -0.2) is 15.0 Å². The van der Waals surface area contributed by atoms with Crippen LogP contribution in [0.1, 0.15) is 23.9 Å². The van der Waals surface area contributed by atoms with Crippen molar-refractivity contribution in [2.45, 2.75) is 26.9 Å². The first kappa shape index (κ1) is 21.3. The lowest BCUT2D eigenvalue weighted by atomic mass is 10.1. The van der Waals surface area contributed by atoms with Gasteiger partial charge in [-0.05, 0) is 26.0 Å². The van der Waals surface area contributed by atoms with Gasteiger partial charge >= 0.3 is 0 Å². The van der Waals surface area contributed by atoms with Crippen molar-refractivity contribution in [3.63, 3.8) is 0 Å². The molecule has 0 atom stereocenters. The topological polar surface area (TPSA) is 79.8 Å². The second-order valence-electron chi connectivity index (χ2n) is 6.38. The number of aromatic nitrogens is 3. The summed E-state index contributed by atoms with van der Waals surface area (Å²) >= 11 is 1.62. The smallest absolute Gasteiger partial charge is 0.226 e. The zero-order valence-corrected chi connectivity index (χ0v) is 19.4. The van der Waals surface area contributed by atoms with E-state index in [9.17, 15) is 0 Å². The number of halogens is 1. The molecule has 3 aromatic heterocycles. The molecule has 4 rings (SSSR count). The fourth-order valence-corrected chi connectivity index (χ4v) is 3.46. The van der Waals surface area contributed by atoms with Gasteiger partial charge in [-0.1, -0.05) is 17.7 Å². The van der Waals surface area contributed by atoms with Crippen molar-refractivity contribution in [1.82, 2.24) is 25.0 Å². The van der Waals surface area contributed by atoms with E-state index in [1.807, 2.05) is 53.4 Å². The predicted octanol–water partition coefficient (Wildman–Crippen LogP) is 4.23.